The molecule has 0 aliphatic carbocycles. The van der Waals surface area contributed by atoms with Crippen molar-refractivity contribution in [3.05, 3.63) is 39.8 Å². The minimum Gasteiger partial charge on any atom is -0.388 e. The van der Waals surface area contributed by atoms with E-state index in [4.69, 9.17) is 16.0 Å². The topological polar surface area (TPSA) is 77.1 Å². The Hall–Kier alpha value is -2.08. The normalized spacial score (nSPS) is 10.4. The molecule has 1 aromatic carbocycles. The van der Waals surface area contributed by atoms with E-state index in [1.807, 2.05) is 0 Å². The molecule has 0 spiro atoms. The number of likely N-dealkylation sites (N-methyl/N-ethyl adjacent to an activating group) is 1. The lowest BCUT2D eigenvalue weighted by Gasteiger charge is -1.99. The van der Waals surface area contributed by atoms with E-state index in [9.17, 15) is 9.59 Å². The Morgan fingerprint density at radius 1 is 1.42 bits per heavy atom. The largest absolute Gasteiger partial charge is 0.437 e. The highest BCUT2D eigenvalue weighted by Crippen LogP contribution is 2.18. The zero-order valence-electron chi connectivity index (χ0n) is 10.2. The van der Waals surface area contributed by atoms with Gasteiger partial charge in [-0.2, -0.15) is 4.68 Å². The Bertz CT molecular complexity index is 630. The van der Waals surface area contributed by atoms with Crippen LogP contribution in [0.1, 0.15) is 6.92 Å². The van der Waals surface area contributed by atoms with E-state index in [0.29, 0.717) is 17.1 Å². The molecule has 1 aromatic heterocycles. The molecule has 19 heavy (non-hydrogen) atoms. The highest BCUT2D eigenvalue weighted by molar-refractivity contribution is 6.30. The smallest absolute Gasteiger partial charge is 0.388 e. The van der Waals surface area contributed by atoms with Crippen molar-refractivity contribution < 1.29 is 9.21 Å². The van der Waals surface area contributed by atoms with Gasteiger partial charge in [0, 0.05) is 17.1 Å². The zero-order valence-corrected chi connectivity index (χ0v) is 11.0. The monoisotopic (exact) mass is 281 g/mol. The molecule has 1 heterocycles. The molecule has 2 rings (SSSR count). The zero-order chi connectivity index (χ0) is 13.8. The number of carbonyl (C=O) groups excluding carboxylic acids is 1. The van der Waals surface area contributed by atoms with Crippen molar-refractivity contribution in [3.8, 4) is 11.5 Å². The van der Waals surface area contributed by atoms with Crippen LogP contribution in [0.4, 0.5) is 0 Å². The van der Waals surface area contributed by atoms with Crippen LogP contribution in [0.5, 0.6) is 0 Å². The minimum absolute atomic E-state index is 0.158. The number of hydrogen-bond acceptors (Lipinski definition) is 4. The summed E-state index contributed by atoms with van der Waals surface area (Å²) in [5.41, 5.74) is 0.621. The van der Waals surface area contributed by atoms with Gasteiger partial charge in [0.2, 0.25) is 11.8 Å². The Balaban J connectivity index is 2.23. The molecule has 6 nitrogen and oxygen atoms in total. The number of aromatic nitrogens is 2. The summed E-state index contributed by atoms with van der Waals surface area (Å²) in [6.07, 6.45) is 0. The van der Waals surface area contributed by atoms with Gasteiger partial charge in [0.05, 0.1) is 0 Å². The average Bonchev–Trinajstić information content (AvgIpc) is 2.72. The lowest BCUT2D eigenvalue weighted by atomic mass is 10.2. The summed E-state index contributed by atoms with van der Waals surface area (Å²) in [6, 6.07) is 6.70. The minimum atomic E-state index is -0.670. The lowest BCUT2D eigenvalue weighted by Crippen LogP contribution is -2.31. The van der Waals surface area contributed by atoms with Gasteiger partial charge >= 0.3 is 5.76 Å². The van der Waals surface area contributed by atoms with E-state index >= 15 is 0 Å². The van der Waals surface area contributed by atoms with Gasteiger partial charge in [-0.3, -0.25) is 4.79 Å². The van der Waals surface area contributed by atoms with Crippen molar-refractivity contribution in [2.75, 3.05) is 6.54 Å². The fourth-order valence-electron chi connectivity index (χ4n) is 1.50. The summed E-state index contributed by atoms with van der Waals surface area (Å²) in [6.45, 7) is 2.13. The molecule has 7 heteroatoms. The molecule has 0 unspecified atom stereocenters. The Kier molecular flexibility index (Phi) is 4.01. The van der Waals surface area contributed by atoms with E-state index in [1.165, 1.54) is 0 Å². The molecule has 0 radical (unpaired) electrons. The van der Waals surface area contributed by atoms with E-state index in [0.717, 1.165) is 4.68 Å². The van der Waals surface area contributed by atoms with Crippen molar-refractivity contribution in [2.45, 2.75) is 13.5 Å². The number of rotatable bonds is 4. The van der Waals surface area contributed by atoms with E-state index in [-0.39, 0.29) is 18.3 Å². The van der Waals surface area contributed by atoms with Crippen LogP contribution in [0.25, 0.3) is 11.5 Å². The molecule has 1 N–H and O–H groups in total. The number of nitrogens with one attached hydrogen (secondary N) is 1. The Morgan fingerprint density at radius 2 is 2.11 bits per heavy atom. The highest BCUT2D eigenvalue weighted by Gasteiger charge is 2.12. The van der Waals surface area contributed by atoms with Crippen LogP contribution in [0.15, 0.2) is 33.5 Å². The molecule has 0 saturated carbocycles. The van der Waals surface area contributed by atoms with Crippen LogP contribution in [-0.2, 0) is 11.3 Å². The molecule has 0 saturated heterocycles. The van der Waals surface area contributed by atoms with Crippen LogP contribution in [0.3, 0.4) is 0 Å². The predicted molar refractivity (Wildman–Crippen MR) is 69.9 cm³/mol. The first-order chi connectivity index (χ1) is 9.10. The molecule has 100 valence electrons. The second-order valence-electron chi connectivity index (χ2n) is 3.79. The van der Waals surface area contributed by atoms with Crippen LogP contribution in [-0.4, -0.2) is 22.2 Å². The molecule has 0 bridgehead atoms. The second-order valence-corrected chi connectivity index (χ2v) is 4.23. The van der Waals surface area contributed by atoms with E-state index < -0.39 is 5.76 Å². The summed E-state index contributed by atoms with van der Waals surface area (Å²) in [5, 5.41) is 7.12. The SMILES string of the molecule is CCNC(=O)Cn1nc(-c2ccc(Cl)cc2)oc1=O. The molecule has 1 amide bonds. The molecular weight excluding hydrogens is 270 g/mol. The number of nitrogens with zero attached hydrogens (tertiary/aromatic N) is 2. The Morgan fingerprint density at radius 3 is 2.74 bits per heavy atom. The number of hydrogen-bond donors (Lipinski definition) is 1. The maximum absolute atomic E-state index is 11.5. The second kappa shape index (κ2) is 5.71. The fourth-order valence-corrected chi connectivity index (χ4v) is 1.63. The lowest BCUT2D eigenvalue weighted by molar-refractivity contribution is -0.121. The third kappa shape index (κ3) is 3.23. The molecule has 2 aromatic rings. The van der Waals surface area contributed by atoms with Crippen molar-refractivity contribution in [1.29, 1.82) is 0 Å². The fraction of sp³-hybridized carbons (Fsp3) is 0.250. The summed E-state index contributed by atoms with van der Waals surface area (Å²) in [5.74, 6) is -0.803. The van der Waals surface area contributed by atoms with E-state index in [2.05, 4.69) is 10.4 Å². The number of benzene rings is 1. The van der Waals surface area contributed by atoms with Gasteiger partial charge < -0.3 is 9.73 Å². The first-order valence-electron chi connectivity index (χ1n) is 5.70. The summed E-state index contributed by atoms with van der Waals surface area (Å²) in [7, 11) is 0. The summed E-state index contributed by atoms with van der Waals surface area (Å²) >= 11 is 5.77. The third-order valence-corrected chi connectivity index (χ3v) is 2.62. The van der Waals surface area contributed by atoms with Gasteiger partial charge in [0.15, 0.2) is 0 Å². The van der Waals surface area contributed by atoms with E-state index in [1.54, 1.807) is 31.2 Å². The van der Waals surface area contributed by atoms with Crippen molar-refractivity contribution in [1.82, 2.24) is 15.1 Å². The van der Waals surface area contributed by atoms with Gasteiger partial charge in [0.25, 0.3) is 0 Å². The van der Waals surface area contributed by atoms with Crippen molar-refractivity contribution in [2.24, 2.45) is 0 Å². The first kappa shape index (κ1) is 13.4. The first-order valence-corrected chi connectivity index (χ1v) is 6.08. The maximum Gasteiger partial charge on any atom is 0.437 e. The van der Waals surface area contributed by atoms with Gasteiger partial charge in [-0.05, 0) is 31.2 Å². The van der Waals surface area contributed by atoms with Gasteiger partial charge in [-0.15, -0.1) is 5.10 Å². The average molecular weight is 282 g/mol. The quantitative estimate of drug-likeness (QED) is 0.916. The number of halogens is 1. The molecular formula is C12H12ClN3O3. The third-order valence-electron chi connectivity index (χ3n) is 2.36. The Labute approximate surface area is 114 Å². The predicted octanol–water partition coefficient (Wildman–Crippen LogP) is 1.29. The van der Waals surface area contributed by atoms with Crippen molar-refractivity contribution >= 4 is 17.5 Å². The number of carbonyl (C=O) groups is 1. The molecule has 0 aliphatic heterocycles. The van der Waals surface area contributed by atoms with Crippen LogP contribution in [0.2, 0.25) is 5.02 Å². The van der Waals surface area contributed by atoms with Gasteiger partial charge in [-0.25, -0.2) is 4.79 Å². The summed E-state index contributed by atoms with van der Waals surface area (Å²) < 4.78 is 5.97. The summed E-state index contributed by atoms with van der Waals surface area (Å²) in [4.78, 5) is 22.9. The molecule has 0 fully saturated rings. The standard InChI is InChI=1S/C12H12ClN3O3/c1-2-14-10(17)7-16-12(18)19-11(15-16)8-3-5-9(13)6-4-8/h3-6H,2,7H2,1H3,(H,14,17). The van der Waals surface area contributed by atoms with Gasteiger partial charge in [0.1, 0.15) is 6.54 Å². The van der Waals surface area contributed by atoms with Crippen LogP contribution >= 0.6 is 11.6 Å². The van der Waals surface area contributed by atoms with Crippen LogP contribution < -0.4 is 11.1 Å². The van der Waals surface area contributed by atoms with Crippen molar-refractivity contribution in [3.63, 3.8) is 0 Å². The van der Waals surface area contributed by atoms with Crippen LogP contribution in [0, 0.1) is 0 Å². The number of amides is 1. The molecule has 0 atom stereocenters. The van der Waals surface area contributed by atoms with Gasteiger partial charge in [-0.1, -0.05) is 11.6 Å². The maximum atomic E-state index is 11.5. The highest BCUT2D eigenvalue weighted by atomic mass is 35.5. The molecule has 0 aliphatic rings.